The molecule has 0 fully saturated rings. The summed E-state index contributed by atoms with van der Waals surface area (Å²) >= 11 is 0. The third-order valence-corrected chi connectivity index (χ3v) is 3.38. The van der Waals surface area contributed by atoms with Crippen LogP contribution in [0, 0.1) is 13.8 Å². The lowest BCUT2D eigenvalue weighted by atomic mass is 10.0. The highest BCUT2D eigenvalue weighted by Crippen LogP contribution is 2.30. The van der Waals surface area contributed by atoms with Crippen LogP contribution in [0.2, 0.25) is 0 Å². The van der Waals surface area contributed by atoms with E-state index in [-0.39, 0.29) is 6.04 Å². The summed E-state index contributed by atoms with van der Waals surface area (Å²) in [5.74, 6) is 0.303. The number of carbonyl (C=O) groups is 1. The van der Waals surface area contributed by atoms with Gasteiger partial charge in [0.2, 0.25) is 0 Å². The second-order valence-electron chi connectivity index (χ2n) is 4.87. The number of ether oxygens (including phenoxy) is 1. The van der Waals surface area contributed by atoms with Gasteiger partial charge in [0, 0.05) is 5.56 Å². The Labute approximate surface area is 123 Å². The number of rotatable bonds is 4. The highest BCUT2D eigenvalue weighted by atomic mass is 16.5. The predicted molar refractivity (Wildman–Crippen MR) is 80.2 cm³/mol. The molecule has 0 bridgehead atoms. The highest BCUT2D eigenvalue weighted by molar-refractivity contribution is 5.98. The first-order valence-electron chi connectivity index (χ1n) is 6.61. The molecule has 1 heterocycles. The number of nitrogens with zero attached hydrogens (tertiary/aromatic N) is 1. The first kappa shape index (κ1) is 14.9. The van der Waals surface area contributed by atoms with Crippen LogP contribution in [-0.2, 0) is 4.74 Å². The van der Waals surface area contributed by atoms with Gasteiger partial charge in [-0.15, -0.1) is 0 Å². The topological polar surface area (TPSA) is 90.4 Å². The van der Waals surface area contributed by atoms with Gasteiger partial charge in [-0.05, 0) is 32.9 Å². The minimum Gasteiger partial charge on any atom is -0.465 e. The van der Waals surface area contributed by atoms with E-state index in [0.717, 1.165) is 17.0 Å². The maximum atomic E-state index is 11.8. The first-order chi connectivity index (χ1) is 9.95. The van der Waals surface area contributed by atoms with E-state index >= 15 is 0 Å². The van der Waals surface area contributed by atoms with E-state index in [9.17, 15) is 4.79 Å². The molecule has 6 heteroatoms. The van der Waals surface area contributed by atoms with Gasteiger partial charge >= 0.3 is 5.97 Å². The Morgan fingerprint density at radius 3 is 2.71 bits per heavy atom. The predicted octanol–water partition coefficient (Wildman–Crippen LogP) is 2.83. The third-order valence-electron chi connectivity index (χ3n) is 3.38. The summed E-state index contributed by atoms with van der Waals surface area (Å²) in [5, 5.41) is 7.19. The number of para-hydroxylation sites is 1. The van der Waals surface area contributed by atoms with Crippen LogP contribution in [0.3, 0.4) is 0 Å². The van der Waals surface area contributed by atoms with Gasteiger partial charge in [0.15, 0.2) is 0 Å². The number of carbonyl (C=O) groups excluding carboxylic acids is 1. The Kier molecular flexibility index (Phi) is 4.16. The van der Waals surface area contributed by atoms with Crippen molar-refractivity contribution in [2.75, 3.05) is 18.2 Å². The Morgan fingerprint density at radius 2 is 2.14 bits per heavy atom. The normalized spacial score (nSPS) is 12.0. The van der Waals surface area contributed by atoms with Gasteiger partial charge in [0.25, 0.3) is 0 Å². The Balaban J connectivity index is 2.37. The smallest absolute Gasteiger partial charge is 0.340 e. The lowest BCUT2D eigenvalue weighted by Crippen LogP contribution is -2.14. The molecular weight excluding hydrogens is 270 g/mol. The van der Waals surface area contributed by atoms with Gasteiger partial charge in [0.05, 0.1) is 35.8 Å². The molecule has 0 aliphatic carbocycles. The molecule has 3 N–H and O–H groups in total. The van der Waals surface area contributed by atoms with Crippen LogP contribution in [0.4, 0.5) is 11.4 Å². The molecule has 6 nitrogen and oxygen atoms in total. The average molecular weight is 289 g/mol. The molecule has 0 spiro atoms. The fourth-order valence-electron chi connectivity index (χ4n) is 2.41. The standard InChI is InChI=1S/C15H19N3O3/c1-8(13-9(2)18-21-10(13)3)17-14-11(15(19)20-4)6-5-7-12(14)16/h5-8,17H,16H2,1-4H3. The summed E-state index contributed by atoms with van der Waals surface area (Å²) in [5.41, 5.74) is 9.18. The molecule has 2 rings (SSSR count). The Bertz CT molecular complexity index is 645. The number of nitrogen functional groups attached to an aromatic ring is 1. The molecular formula is C15H19N3O3. The van der Waals surface area contributed by atoms with Crippen molar-refractivity contribution < 1.29 is 14.1 Å². The number of aromatic nitrogens is 1. The number of nitrogens with one attached hydrogen (secondary N) is 1. The SMILES string of the molecule is COC(=O)c1cccc(N)c1NC(C)c1c(C)noc1C. The van der Waals surface area contributed by atoms with Crippen LogP contribution in [0.5, 0.6) is 0 Å². The highest BCUT2D eigenvalue weighted by Gasteiger charge is 2.20. The van der Waals surface area contributed by atoms with Crippen LogP contribution in [0.1, 0.15) is 40.3 Å². The van der Waals surface area contributed by atoms with Gasteiger partial charge in [-0.3, -0.25) is 0 Å². The fourth-order valence-corrected chi connectivity index (χ4v) is 2.41. The molecule has 21 heavy (non-hydrogen) atoms. The van der Waals surface area contributed by atoms with Crippen molar-refractivity contribution >= 4 is 17.3 Å². The zero-order valence-electron chi connectivity index (χ0n) is 12.6. The molecule has 0 aliphatic heterocycles. The molecule has 0 saturated carbocycles. The number of hydrogen-bond donors (Lipinski definition) is 2. The summed E-state index contributed by atoms with van der Waals surface area (Å²) in [6, 6.07) is 5.01. The second kappa shape index (κ2) is 5.87. The van der Waals surface area contributed by atoms with Gasteiger partial charge in [-0.1, -0.05) is 11.2 Å². The van der Waals surface area contributed by atoms with E-state index in [1.807, 2.05) is 20.8 Å². The average Bonchev–Trinajstić information content (AvgIpc) is 2.79. The fraction of sp³-hybridized carbons (Fsp3) is 0.333. The number of benzene rings is 1. The molecule has 0 radical (unpaired) electrons. The van der Waals surface area contributed by atoms with E-state index in [2.05, 4.69) is 10.5 Å². The van der Waals surface area contributed by atoms with E-state index in [0.29, 0.717) is 16.9 Å². The zero-order chi connectivity index (χ0) is 15.6. The largest absolute Gasteiger partial charge is 0.465 e. The van der Waals surface area contributed by atoms with Crippen LogP contribution in [0.25, 0.3) is 0 Å². The minimum absolute atomic E-state index is 0.107. The Hall–Kier alpha value is -2.50. The van der Waals surface area contributed by atoms with Gasteiger partial charge in [-0.2, -0.15) is 0 Å². The number of anilines is 2. The van der Waals surface area contributed by atoms with Gasteiger partial charge in [-0.25, -0.2) is 4.79 Å². The van der Waals surface area contributed by atoms with Crippen LogP contribution in [-0.4, -0.2) is 18.2 Å². The lowest BCUT2D eigenvalue weighted by molar-refractivity contribution is 0.0602. The summed E-state index contributed by atoms with van der Waals surface area (Å²) in [6.07, 6.45) is 0. The first-order valence-corrected chi connectivity index (χ1v) is 6.61. The van der Waals surface area contributed by atoms with Crippen LogP contribution < -0.4 is 11.1 Å². The number of methoxy groups -OCH3 is 1. The summed E-state index contributed by atoms with van der Waals surface area (Å²) in [4.78, 5) is 11.8. The Morgan fingerprint density at radius 1 is 1.43 bits per heavy atom. The lowest BCUT2D eigenvalue weighted by Gasteiger charge is -2.19. The maximum Gasteiger partial charge on any atom is 0.340 e. The summed E-state index contributed by atoms with van der Waals surface area (Å²) < 4.78 is 9.96. The van der Waals surface area contributed by atoms with E-state index in [1.54, 1.807) is 18.2 Å². The summed E-state index contributed by atoms with van der Waals surface area (Å²) in [6.45, 7) is 5.68. The van der Waals surface area contributed by atoms with Crippen molar-refractivity contribution in [3.05, 3.63) is 40.8 Å². The number of nitrogens with two attached hydrogens (primary N) is 1. The maximum absolute atomic E-state index is 11.8. The zero-order valence-corrected chi connectivity index (χ0v) is 12.6. The second-order valence-corrected chi connectivity index (χ2v) is 4.87. The monoisotopic (exact) mass is 289 g/mol. The molecule has 2 aromatic rings. The van der Waals surface area contributed by atoms with Crippen molar-refractivity contribution in [1.82, 2.24) is 5.16 Å². The molecule has 1 aromatic heterocycles. The van der Waals surface area contributed by atoms with Crippen molar-refractivity contribution in [2.24, 2.45) is 0 Å². The van der Waals surface area contributed by atoms with Crippen molar-refractivity contribution in [2.45, 2.75) is 26.8 Å². The van der Waals surface area contributed by atoms with E-state index < -0.39 is 5.97 Å². The number of aryl methyl sites for hydroxylation is 2. The molecule has 0 amide bonds. The third kappa shape index (κ3) is 2.84. The van der Waals surface area contributed by atoms with Gasteiger partial charge in [0.1, 0.15) is 5.76 Å². The number of hydrogen-bond acceptors (Lipinski definition) is 6. The van der Waals surface area contributed by atoms with Crippen molar-refractivity contribution in [3.8, 4) is 0 Å². The molecule has 112 valence electrons. The summed E-state index contributed by atoms with van der Waals surface area (Å²) in [7, 11) is 1.34. The molecule has 1 unspecified atom stereocenters. The molecule has 1 atom stereocenters. The van der Waals surface area contributed by atoms with Gasteiger partial charge < -0.3 is 20.3 Å². The van der Waals surface area contributed by atoms with Crippen molar-refractivity contribution in [1.29, 1.82) is 0 Å². The number of esters is 1. The van der Waals surface area contributed by atoms with Crippen LogP contribution >= 0.6 is 0 Å². The molecule has 1 aromatic carbocycles. The van der Waals surface area contributed by atoms with E-state index in [1.165, 1.54) is 7.11 Å². The van der Waals surface area contributed by atoms with Crippen molar-refractivity contribution in [3.63, 3.8) is 0 Å². The van der Waals surface area contributed by atoms with E-state index in [4.69, 9.17) is 15.0 Å². The quantitative estimate of drug-likeness (QED) is 0.664. The van der Waals surface area contributed by atoms with Crippen LogP contribution in [0.15, 0.2) is 22.7 Å². The molecule has 0 aliphatic rings. The molecule has 0 saturated heterocycles. The minimum atomic E-state index is -0.434.